The van der Waals surface area contributed by atoms with Gasteiger partial charge in [-0.15, -0.1) is 0 Å². The molecule has 2 N–H and O–H groups in total. The number of carboxylic acids is 1. The zero-order valence-corrected chi connectivity index (χ0v) is 24.0. The first-order chi connectivity index (χ1) is 14.7. The number of aliphatic carboxylic acids is 1. The first kappa shape index (κ1) is 38.7. The molecule has 0 atom stereocenters. The number of allylic oxidation sites excluding steroid dienone is 2. The molecule has 33 heavy (non-hydrogen) atoms. The molecule has 1 radical (unpaired) electrons. The summed E-state index contributed by atoms with van der Waals surface area (Å²) >= 11 is 0. The van der Waals surface area contributed by atoms with Crippen LogP contribution in [0.4, 0.5) is 0 Å². The molecule has 0 heterocycles. The molecule has 179 valence electrons. The van der Waals surface area contributed by atoms with Crippen molar-refractivity contribution in [3.05, 3.63) is 91.6 Å². The number of carboxylic acid groups (broad SMARTS) is 1. The van der Waals surface area contributed by atoms with Crippen LogP contribution in [0.2, 0.25) is 0 Å². The molecular formula is C24H34KO7S. The van der Waals surface area contributed by atoms with E-state index < -0.39 is 27.8 Å². The van der Waals surface area contributed by atoms with Crippen molar-refractivity contribution in [2.24, 2.45) is 0 Å². The SMILES string of the molecule is C=C(C)C(=O)O.C=C(C)C(=O)OCCCS(=O)(=O)O.C=CC(=C)C.C=Cc1ccccc1.[K]. The van der Waals surface area contributed by atoms with Crippen LogP contribution in [0.15, 0.2) is 86.0 Å². The number of rotatable bonds is 8. The number of hydrogen-bond acceptors (Lipinski definition) is 5. The Labute approximate surface area is 240 Å². The second-order valence-electron chi connectivity index (χ2n) is 6.31. The maximum absolute atomic E-state index is 10.7. The smallest absolute Gasteiger partial charge is 0.333 e. The van der Waals surface area contributed by atoms with Crippen molar-refractivity contribution in [2.45, 2.75) is 27.2 Å². The molecule has 9 heteroatoms. The largest absolute Gasteiger partial charge is 0.478 e. The summed E-state index contributed by atoms with van der Waals surface area (Å²) in [7, 11) is -3.96. The van der Waals surface area contributed by atoms with Crippen LogP contribution in [-0.4, -0.2) is 93.8 Å². The van der Waals surface area contributed by atoms with Crippen LogP contribution in [0.3, 0.4) is 0 Å². The third-order valence-corrected chi connectivity index (χ3v) is 3.68. The van der Waals surface area contributed by atoms with Gasteiger partial charge in [-0.1, -0.05) is 81.0 Å². The first-order valence-corrected chi connectivity index (χ1v) is 10.9. The van der Waals surface area contributed by atoms with Gasteiger partial charge in [0.05, 0.1) is 12.4 Å². The van der Waals surface area contributed by atoms with Crippen molar-refractivity contribution in [1.29, 1.82) is 0 Å². The Morgan fingerprint density at radius 2 is 1.42 bits per heavy atom. The van der Waals surface area contributed by atoms with Crippen molar-refractivity contribution in [2.75, 3.05) is 12.4 Å². The predicted octanol–water partition coefficient (Wildman–Crippen LogP) is 4.73. The summed E-state index contributed by atoms with van der Waals surface area (Å²) in [5.41, 5.74) is 2.62. The van der Waals surface area contributed by atoms with Crippen molar-refractivity contribution in [1.82, 2.24) is 0 Å². The Morgan fingerprint density at radius 1 is 1.00 bits per heavy atom. The second-order valence-corrected chi connectivity index (χ2v) is 7.88. The number of hydrogen-bond donors (Lipinski definition) is 2. The topological polar surface area (TPSA) is 118 Å². The van der Waals surface area contributed by atoms with Crippen LogP contribution in [0.1, 0.15) is 32.8 Å². The van der Waals surface area contributed by atoms with Crippen LogP contribution >= 0.6 is 0 Å². The molecule has 1 aromatic rings. The van der Waals surface area contributed by atoms with Crippen LogP contribution in [0, 0.1) is 0 Å². The minimum absolute atomic E-state index is 0. The third kappa shape index (κ3) is 35.2. The van der Waals surface area contributed by atoms with Gasteiger partial charge < -0.3 is 9.84 Å². The number of carbonyl (C=O) groups is 2. The van der Waals surface area contributed by atoms with Gasteiger partial charge in [-0.3, -0.25) is 4.55 Å². The van der Waals surface area contributed by atoms with E-state index in [4.69, 9.17) is 9.66 Å². The van der Waals surface area contributed by atoms with Gasteiger partial charge in [-0.05, 0) is 32.8 Å². The van der Waals surface area contributed by atoms with E-state index in [0.29, 0.717) is 0 Å². The zero-order valence-electron chi connectivity index (χ0n) is 20.0. The van der Waals surface area contributed by atoms with Gasteiger partial charge in [0, 0.05) is 62.5 Å². The van der Waals surface area contributed by atoms with E-state index in [1.165, 1.54) is 19.4 Å². The molecule has 0 spiro atoms. The summed E-state index contributed by atoms with van der Waals surface area (Å²) < 4.78 is 33.3. The van der Waals surface area contributed by atoms with E-state index in [0.717, 1.165) is 5.57 Å². The number of benzene rings is 1. The van der Waals surface area contributed by atoms with Gasteiger partial charge in [0.25, 0.3) is 10.1 Å². The zero-order chi connectivity index (χ0) is 25.7. The summed E-state index contributed by atoms with van der Waals surface area (Å²) in [6, 6.07) is 10.0. The van der Waals surface area contributed by atoms with E-state index in [9.17, 15) is 18.0 Å². The Morgan fingerprint density at radius 3 is 1.67 bits per heavy atom. The second kappa shape index (κ2) is 23.6. The molecule has 1 rings (SSSR count). The number of esters is 1. The monoisotopic (exact) mass is 505 g/mol. The van der Waals surface area contributed by atoms with Gasteiger partial charge in [0.15, 0.2) is 0 Å². The molecule has 0 fully saturated rings. The molecule has 0 saturated heterocycles. The molecular weight excluding hydrogens is 471 g/mol. The van der Waals surface area contributed by atoms with E-state index in [1.54, 1.807) is 6.08 Å². The van der Waals surface area contributed by atoms with E-state index in [2.05, 4.69) is 37.6 Å². The minimum Gasteiger partial charge on any atom is -0.478 e. The van der Waals surface area contributed by atoms with Gasteiger partial charge in [-0.25, -0.2) is 9.59 Å². The molecule has 7 nitrogen and oxygen atoms in total. The molecule has 0 amide bonds. The van der Waals surface area contributed by atoms with Gasteiger partial charge in [-0.2, -0.15) is 8.42 Å². The first-order valence-electron chi connectivity index (χ1n) is 9.29. The van der Waals surface area contributed by atoms with E-state index in [-0.39, 0.29) is 75.6 Å². The molecule has 0 aromatic heterocycles. The molecule has 1 aromatic carbocycles. The summed E-state index contributed by atoms with van der Waals surface area (Å²) in [4.78, 5) is 20.3. The fourth-order valence-electron chi connectivity index (χ4n) is 1.12. The van der Waals surface area contributed by atoms with Crippen LogP contribution in [0.5, 0.6) is 0 Å². The number of ether oxygens (including phenoxy) is 1. The average molecular weight is 506 g/mol. The summed E-state index contributed by atoms with van der Waals surface area (Å²) in [5, 5.41) is 7.89. The van der Waals surface area contributed by atoms with Crippen LogP contribution in [-0.2, 0) is 24.4 Å². The van der Waals surface area contributed by atoms with E-state index in [1.807, 2.05) is 43.3 Å². The predicted molar refractivity (Wildman–Crippen MR) is 137 cm³/mol. The Kier molecular flexibility index (Phi) is 27.6. The van der Waals surface area contributed by atoms with Gasteiger partial charge >= 0.3 is 11.9 Å². The molecule has 0 unspecified atom stereocenters. The molecule has 0 bridgehead atoms. The fraction of sp³-hybridized carbons (Fsp3) is 0.250. The average Bonchev–Trinajstić information content (AvgIpc) is 2.72. The molecule has 0 aliphatic heterocycles. The Bertz CT molecular complexity index is 861. The summed E-state index contributed by atoms with van der Waals surface area (Å²) in [6.45, 7) is 22.0. The van der Waals surface area contributed by atoms with Crippen LogP contribution < -0.4 is 0 Å². The van der Waals surface area contributed by atoms with Crippen molar-refractivity contribution < 1.29 is 32.4 Å². The minimum atomic E-state index is -3.96. The van der Waals surface area contributed by atoms with Crippen LogP contribution in [0.25, 0.3) is 6.08 Å². The quantitative estimate of drug-likeness (QED) is 0.131. The molecule has 0 saturated carbocycles. The third-order valence-electron chi connectivity index (χ3n) is 2.88. The standard InChI is InChI=1S/C8H8.C7H12O5S.C5H8.C4H6O2.K/c1-2-8-6-4-3-5-7-8;1-6(2)7(8)12-4-3-5-13(9,10)11;1-4-5(2)3;1-3(2)4(5)6;/h2-7H,1H2;1,3-5H2,2H3,(H,9,10,11);4H,1-2H2,3H3;1H2,2H3,(H,5,6);. The maximum atomic E-state index is 10.7. The van der Waals surface area contributed by atoms with Crippen molar-refractivity contribution in [3.8, 4) is 0 Å². The fourth-order valence-corrected chi connectivity index (χ4v) is 1.60. The van der Waals surface area contributed by atoms with Crippen molar-refractivity contribution in [3.63, 3.8) is 0 Å². The van der Waals surface area contributed by atoms with Gasteiger partial charge in [0.2, 0.25) is 0 Å². The van der Waals surface area contributed by atoms with Gasteiger partial charge in [0.1, 0.15) is 0 Å². The summed E-state index contributed by atoms with van der Waals surface area (Å²) in [6.07, 6.45) is 3.64. The summed E-state index contributed by atoms with van der Waals surface area (Å²) in [5.74, 6) is -1.90. The Balaban J connectivity index is -0.000000181. The van der Waals surface area contributed by atoms with E-state index >= 15 is 0 Å². The molecule has 0 aliphatic rings. The maximum Gasteiger partial charge on any atom is 0.333 e. The molecule has 0 aliphatic carbocycles. The van der Waals surface area contributed by atoms with Crippen molar-refractivity contribution >= 4 is 79.5 Å². The normalized spacial score (nSPS) is 8.73. The Hall–Kier alpha value is -1.59. The number of carbonyl (C=O) groups excluding carboxylic acids is 1.